The molecule has 0 aromatic heterocycles. The molecule has 2 nitrogen and oxygen atoms in total. The molecule has 1 N–H and O–H groups in total. The van der Waals surface area contributed by atoms with E-state index in [-0.39, 0.29) is 0 Å². The lowest BCUT2D eigenvalue weighted by Gasteiger charge is -2.23. The fourth-order valence-electron chi connectivity index (χ4n) is 2.52. The number of ether oxygens (including phenoxy) is 1. The van der Waals surface area contributed by atoms with E-state index in [9.17, 15) is 0 Å². The van der Waals surface area contributed by atoms with Crippen LogP contribution in [0.2, 0.25) is 0 Å². The summed E-state index contributed by atoms with van der Waals surface area (Å²) in [6.07, 6.45) is 5.02. The minimum atomic E-state index is 0.795. The van der Waals surface area contributed by atoms with Crippen LogP contribution in [0.5, 0.6) is 5.75 Å². The van der Waals surface area contributed by atoms with Gasteiger partial charge < -0.3 is 9.64 Å². The first kappa shape index (κ1) is 17.0. The molecule has 20 heavy (non-hydrogen) atoms. The molecular formula is C18H32NO+. The summed E-state index contributed by atoms with van der Waals surface area (Å²) in [5, 5.41) is 0. The van der Waals surface area contributed by atoms with Crippen molar-refractivity contribution in [1.82, 2.24) is 0 Å². The lowest BCUT2D eigenvalue weighted by molar-refractivity contribution is -0.922. The lowest BCUT2D eigenvalue weighted by Crippen LogP contribution is -3.15. The molecule has 2 heteroatoms. The number of quaternary nitrogens is 1. The van der Waals surface area contributed by atoms with Crippen molar-refractivity contribution in [3.63, 3.8) is 0 Å². The molecule has 0 radical (unpaired) electrons. The molecule has 0 heterocycles. The van der Waals surface area contributed by atoms with Crippen molar-refractivity contribution in [2.75, 3.05) is 19.7 Å². The van der Waals surface area contributed by atoms with E-state index in [1.807, 2.05) is 0 Å². The Labute approximate surface area is 125 Å². The topological polar surface area (TPSA) is 13.7 Å². The van der Waals surface area contributed by atoms with E-state index in [0.29, 0.717) is 0 Å². The fourth-order valence-corrected chi connectivity index (χ4v) is 2.52. The number of hydrogen-bond donors (Lipinski definition) is 1. The summed E-state index contributed by atoms with van der Waals surface area (Å²) in [6.45, 7) is 12.4. The number of benzene rings is 1. The van der Waals surface area contributed by atoms with Crippen LogP contribution in [0, 0.1) is 6.92 Å². The summed E-state index contributed by atoms with van der Waals surface area (Å²) < 4.78 is 5.76. The zero-order valence-electron chi connectivity index (χ0n) is 13.7. The van der Waals surface area contributed by atoms with Gasteiger partial charge in [0.05, 0.1) is 25.7 Å². The normalized spacial score (nSPS) is 14.0. The van der Waals surface area contributed by atoms with Crippen LogP contribution in [0.3, 0.4) is 0 Å². The Bertz CT molecular complexity index is 347. The maximum atomic E-state index is 5.76. The Hall–Kier alpha value is -1.02. The van der Waals surface area contributed by atoms with Crippen LogP contribution >= 0.6 is 0 Å². The van der Waals surface area contributed by atoms with Crippen molar-refractivity contribution in [3.05, 3.63) is 29.8 Å². The fraction of sp³-hybridized carbons (Fsp3) is 0.667. The first-order valence-electron chi connectivity index (χ1n) is 8.21. The molecule has 1 rings (SSSR count). The molecular weight excluding hydrogens is 246 g/mol. The minimum Gasteiger partial charge on any atom is -0.494 e. The van der Waals surface area contributed by atoms with Gasteiger partial charge in [-0.1, -0.05) is 24.6 Å². The van der Waals surface area contributed by atoms with Gasteiger partial charge in [0.15, 0.2) is 0 Å². The molecule has 0 saturated carbocycles. The van der Waals surface area contributed by atoms with Crippen LogP contribution in [0.15, 0.2) is 24.3 Å². The third-order valence-electron chi connectivity index (χ3n) is 4.20. The second kappa shape index (κ2) is 9.82. The van der Waals surface area contributed by atoms with Gasteiger partial charge in [-0.25, -0.2) is 0 Å². The van der Waals surface area contributed by atoms with E-state index in [1.165, 1.54) is 37.9 Å². The first-order valence-corrected chi connectivity index (χ1v) is 8.21. The van der Waals surface area contributed by atoms with Crippen molar-refractivity contribution in [2.45, 2.75) is 59.4 Å². The predicted molar refractivity (Wildman–Crippen MR) is 86.6 cm³/mol. The van der Waals surface area contributed by atoms with Gasteiger partial charge >= 0.3 is 0 Å². The van der Waals surface area contributed by atoms with Crippen LogP contribution in [0.25, 0.3) is 0 Å². The smallest absolute Gasteiger partial charge is 0.119 e. The van der Waals surface area contributed by atoms with Crippen molar-refractivity contribution in [1.29, 1.82) is 0 Å². The molecule has 0 spiro atoms. The highest BCUT2D eigenvalue weighted by Gasteiger charge is 2.12. The molecule has 0 saturated heterocycles. The molecule has 2 atom stereocenters. The van der Waals surface area contributed by atoms with Crippen molar-refractivity contribution >= 4 is 0 Å². The van der Waals surface area contributed by atoms with Crippen molar-refractivity contribution < 1.29 is 9.64 Å². The van der Waals surface area contributed by atoms with E-state index >= 15 is 0 Å². The van der Waals surface area contributed by atoms with Crippen LogP contribution in [0.4, 0.5) is 0 Å². The highest BCUT2D eigenvalue weighted by Crippen LogP contribution is 2.11. The summed E-state index contributed by atoms with van der Waals surface area (Å²) in [6, 6.07) is 9.11. The SMILES string of the molecule is CCC(C)[NH+](CC)CCCCCOc1ccc(C)cc1. The summed E-state index contributed by atoms with van der Waals surface area (Å²) in [5.41, 5.74) is 1.28. The highest BCUT2D eigenvalue weighted by molar-refractivity contribution is 5.26. The van der Waals surface area contributed by atoms with Crippen LogP contribution in [-0.4, -0.2) is 25.7 Å². The van der Waals surface area contributed by atoms with Crippen LogP contribution in [0.1, 0.15) is 52.0 Å². The minimum absolute atomic E-state index is 0.795. The molecule has 0 aliphatic rings. The number of aryl methyl sites for hydroxylation is 1. The molecule has 0 aliphatic carbocycles. The maximum absolute atomic E-state index is 5.76. The van der Waals surface area contributed by atoms with E-state index in [0.717, 1.165) is 24.8 Å². The Kier molecular flexibility index (Phi) is 8.36. The average Bonchev–Trinajstić information content (AvgIpc) is 2.47. The van der Waals surface area contributed by atoms with E-state index in [4.69, 9.17) is 4.74 Å². The maximum Gasteiger partial charge on any atom is 0.119 e. The van der Waals surface area contributed by atoms with Gasteiger partial charge in [0.1, 0.15) is 5.75 Å². The molecule has 114 valence electrons. The third-order valence-corrected chi connectivity index (χ3v) is 4.20. The van der Waals surface area contributed by atoms with Gasteiger partial charge in [0, 0.05) is 0 Å². The first-order chi connectivity index (χ1) is 9.67. The Morgan fingerprint density at radius 3 is 2.35 bits per heavy atom. The van der Waals surface area contributed by atoms with E-state index in [1.54, 1.807) is 4.90 Å². The molecule has 2 unspecified atom stereocenters. The molecule has 0 aliphatic heterocycles. The van der Waals surface area contributed by atoms with Gasteiger partial charge in [-0.15, -0.1) is 0 Å². The lowest BCUT2D eigenvalue weighted by atomic mass is 10.2. The average molecular weight is 278 g/mol. The predicted octanol–water partition coefficient (Wildman–Crippen LogP) is 3.25. The summed E-state index contributed by atoms with van der Waals surface area (Å²) in [7, 11) is 0. The van der Waals surface area contributed by atoms with Crippen LogP contribution < -0.4 is 9.64 Å². The van der Waals surface area contributed by atoms with Crippen LogP contribution in [-0.2, 0) is 0 Å². The number of nitrogens with one attached hydrogen (secondary N) is 1. The van der Waals surface area contributed by atoms with Gasteiger partial charge in [-0.3, -0.25) is 0 Å². The van der Waals surface area contributed by atoms with E-state index < -0.39 is 0 Å². The van der Waals surface area contributed by atoms with Crippen molar-refractivity contribution in [2.24, 2.45) is 0 Å². The van der Waals surface area contributed by atoms with Gasteiger partial charge in [-0.05, 0) is 58.6 Å². The largest absolute Gasteiger partial charge is 0.494 e. The Morgan fingerprint density at radius 1 is 1.05 bits per heavy atom. The number of unbranched alkanes of at least 4 members (excludes halogenated alkanes) is 2. The number of rotatable bonds is 10. The molecule has 0 bridgehead atoms. The standard InChI is InChI=1S/C18H31NO/c1-5-17(4)19(6-2)14-8-7-9-15-20-18-12-10-16(3)11-13-18/h10-13,17H,5-9,14-15H2,1-4H3/p+1. The summed E-state index contributed by atoms with van der Waals surface area (Å²) >= 11 is 0. The summed E-state index contributed by atoms with van der Waals surface area (Å²) in [5.74, 6) is 0.996. The second-order valence-corrected chi connectivity index (χ2v) is 5.79. The molecule has 1 aromatic carbocycles. The third kappa shape index (κ3) is 6.42. The Morgan fingerprint density at radius 2 is 1.75 bits per heavy atom. The molecule has 0 fully saturated rings. The molecule has 1 aromatic rings. The second-order valence-electron chi connectivity index (χ2n) is 5.79. The van der Waals surface area contributed by atoms with Gasteiger partial charge in [0.2, 0.25) is 0 Å². The molecule has 0 amide bonds. The highest BCUT2D eigenvalue weighted by atomic mass is 16.5. The monoisotopic (exact) mass is 278 g/mol. The number of hydrogen-bond acceptors (Lipinski definition) is 1. The zero-order chi connectivity index (χ0) is 14.8. The van der Waals surface area contributed by atoms with Crippen molar-refractivity contribution in [3.8, 4) is 5.75 Å². The quantitative estimate of drug-likeness (QED) is 0.649. The van der Waals surface area contributed by atoms with Gasteiger partial charge in [0.25, 0.3) is 0 Å². The van der Waals surface area contributed by atoms with E-state index in [2.05, 4.69) is 52.0 Å². The summed E-state index contributed by atoms with van der Waals surface area (Å²) in [4.78, 5) is 1.74. The Balaban J connectivity index is 2.08. The van der Waals surface area contributed by atoms with Gasteiger partial charge in [-0.2, -0.15) is 0 Å². The zero-order valence-corrected chi connectivity index (χ0v) is 13.7.